The summed E-state index contributed by atoms with van der Waals surface area (Å²) in [7, 11) is -1.85. The molecular formula is C10H12BrClO4S. The Hall–Kier alpha value is -0.300. The van der Waals surface area contributed by atoms with Crippen LogP contribution in [0.2, 0.25) is 5.02 Å². The summed E-state index contributed by atoms with van der Waals surface area (Å²) in [5.74, 6) is 0.153. The van der Waals surface area contributed by atoms with Crippen molar-refractivity contribution in [1.82, 2.24) is 0 Å². The zero-order chi connectivity index (χ0) is 13.1. The topological polar surface area (TPSA) is 52.6 Å². The van der Waals surface area contributed by atoms with Crippen molar-refractivity contribution in [3.8, 4) is 5.75 Å². The fraction of sp³-hybridized carbons (Fsp3) is 0.400. The van der Waals surface area contributed by atoms with Gasteiger partial charge in [-0.15, -0.1) is 0 Å². The van der Waals surface area contributed by atoms with Gasteiger partial charge in [0.2, 0.25) is 0 Å². The zero-order valence-electron chi connectivity index (χ0n) is 9.37. The zero-order valence-corrected chi connectivity index (χ0v) is 12.5. The van der Waals surface area contributed by atoms with Gasteiger partial charge in [0.1, 0.15) is 11.5 Å². The second-order valence-electron chi connectivity index (χ2n) is 3.30. The third kappa shape index (κ3) is 3.84. The molecule has 0 aliphatic heterocycles. The summed E-state index contributed by atoms with van der Waals surface area (Å²) in [6, 6.07) is 3.02. The molecule has 0 amide bonds. The van der Waals surface area contributed by atoms with Crippen molar-refractivity contribution in [1.29, 1.82) is 0 Å². The van der Waals surface area contributed by atoms with Gasteiger partial charge >= 0.3 is 0 Å². The molecule has 0 saturated carbocycles. The van der Waals surface area contributed by atoms with Crippen LogP contribution in [-0.4, -0.2) is 35.0 Å². The van der Waals surface area contributed by atoms with Gasteiger partial charge in [-0.2, -0.15) is 0 Å². The van der Waals surface area contributed by atoms with E-state index in [4.69, 9.17) is 21.1 Å². The molecule has 0 radical (unpaired) electrons. The van der Waals surface area contributed by atoms with Crippen molar-refractivity contribution < 1.29 is 17.9 Å². The molecule has 0 aliphatic rings. The average molecular weight is 344 g/mol. The van der Waals surface area contributed by atoms with Crippen molar-refractivity contribution in [3.63, 3.8) is 0 Å². The van der Waals surface area contributed by atoms with Crippen molar-refractivity contribution in [2.24, 2.45) is 0 Å². The molecule has 0 aromatic heterocycles. The first-order chi connectivity index (χ1) is 7.88. The molecule has 0 unspecified atom stereocenters. The molecule has 0 bridgehead atoms. The van der Waals surface area contributed by atoms with Crippen molar-refractivity contribution in [3.05, 3.63) is 21.6 Å². The van der Waals surface area contributed by atoms with Crippen LogP contribution in [0.15, 0.2) is 21.5 Å². The average Bonchev–Trinajstić information content (AvgIpc) is 2.23. The lowest BCUT2D eigenvalue weighted by Gasteiger charge is -2.12. The molecule has 1 rings (SSSR count). The molecule has 7 heteroatoms. The molecular weight excluding hydrogens is 332 g/mol. The van der Waals surface area contributed by atoms with E-state index in [0.29, 0.717) is 11.1 Å². The summed E-state index contributed by atoms with van der Waals surface area (Å²) in [6.45, 7) is 0.585. The predicted molar refractivity (Wildman–Crippen MR) is 69.6 cm³/mol. The molecule has 0 spiro atoms. The first kappa shape index (κ1) is 14.8. The largest absolute Gasteiger partial charge is 0.488 e. The maximum Gasteiger partial charge on any atom is 0.179 e. The Kier molecular flexibility index (Phi) is 5.24. The van der Waals surface area contributed by atoms with Gasteiger partial charge in [-0.1, -0.05) is 11.6 Å². The Bertz CT molecular complexity index is 501. The van der Waals surface area contributed by atoms with E-state index in [1.165, 1.54) is 13.2 Å². The number of rotatable bonds is 5. The molecule has 0 heterocycles. The highest BCUT2D eigenvalue weighted by molar-refractivity contribution is 9.10. The van der Waals surface area contributed by atoms with E-state index in [9.17, 15) is 8.42 Å². The number of ether oxygens (including phenoxy) is 2. The summed E-state index contributed by atoms with van der Waals surface area (Å²) in [5, 5.41) is 0.240. The summed E-state index contributed by atoms with van der Waals surface area (Å²) >= 11 is 9.22. The van der Waals surface area contributed by atoms with E-state index >= 15 is 0 Å². The van der Waals surface area contributed by atoms with E-state index in [-0.39, 0.29) is 22.3 Å². The van der Waals surface area contributed by atoms with Crippen molar-refractivity contribution in [2.75, 3.05) is 26.6 Å². The summed E-state index contributed by atoms with van der Waals surface area (Å²) in [4.78, 5) is 0.0711. The number of sulfone groups is 1. The highest BCUT2D eigenvalue weighted by Gasteiger charge is 2.19. The highest BCUT2D eigenvalue weighted by Crippen LogP contribution is 2.37. The molecule has 0 atom stereocenters. The van der Waals surface area contributed by atoms with Crippen molar-refractivity contribution >= 4 is 37.4 Å². The maximum absolute atomic E-state index is 11.6. The molecule has 17 heavy (non-hydrogen) atoms. The SMILES string of the molecule is COCCOc1c(S(C)(=O)=O)ccc(Br)c1Cl. The van der Waals surface area contributed by atoms with E-state index in [1.807, 2.05) is 0 Å². The highest BCUT2D eigenvalue weighted by atomic mass is 79.9. The van der Waals surface area contributed by atoms with E-state index in [2.05, 4.69) is 15.9 Å². The lowest BCUT2D eigenvalue weighted by molar-refractivity contribution is 0.144. The van der Waals surface area contributed by atoms with Crippen LogP contribution in [0.4, 0.5) is 0 Å². The monoisotopic (exact) mass is 342 g/mol. The molecule has 0 N–H and O–H groups in total. The molecule has 1 aromatic carbocycles. The molecule has 4 nitrogen and oxygen atoms in total. The van der Waals surface area contributed by atoms with Crippen LogP contribution in [0, 0.1) is 0 Å². The van der Waals surface area contributed by atoms with Crippen molar-refractivity contribution in [2.45, 2.75) is 4.90 Å². The van der Waals surface area contributed by atoms with Gasteiger partial charge in [-0.05, 0) is 28.1 Å². The second-order valence-corrected chi connectivity index (χ2v) is 6.52. The van der Waals surface area contributed by atoms with Gasteiger partial charge in [0, 0.05) is 17.8 Å². The molecule has 96 valence electrons. The van der Waals surface area contributed by atoms with Crippen LogP contribution in [0.1, 0.15) is 0 Å². The van der Waals surface area contributed by atoms with Crippen LogP contribution in [0.5, 0.6) is 5.75 Å². The van der Waals surface area contributed by atoms with E-state index in [0.717, 1.165) is 6.26 Å². The summed E-state index contributed by atoms with van der Waals surface area (Å²) in [5.41, 5.74) is 0. The van der Waals surface area contributed by atoms with Crippen LogP contribution in [0.25, 0.3) is 0 Å². The first-order valence-electron chi connectivity index (χ1n) is 4.67. The van der Waals surface area contributed by atoms with Crippen LogP contribution < -0.4 is 4.74 Å². The van der Waals surface area contributed by atoms with Gasteiger partial charge in [-0.3, -0.25) is 0 Å². The van der Waals surface area contributed by atoms with Gasteiger partial charge in [-0.25, -0.2) is 8.42 Å². The molecule has 1 aromatic rings. The fourth-order valence-corrected chi connectivity index (χ4v) is 2.57. The maximum atomic E-state index is 11.6. The Morgan fingerprint density at radius 2 is 2.00 bits per heavy atom. The van der Waals surface area contributed by atoms with Gasteiger partial charge < -0.3 is 9.47 Å². The Labute approximate surface area is 114 Å². The quantitative estimate of drug-likeness (QED) is 0.771. The number of hydrogen-bond donors (Lipinski definition) is 0. The lowest BCUT2D eigenvalue weighted by Crippen LogP contribution is -2.08. The second kappa shape index (κ2) is 6.04. The molecule has 0 aliphatic carbocycles. The van der Waals surface area contributed by atoms with E-state index in [1.54, 1.807) is 6.07 Å². The number of methoxy groups -OCH3 is 1. The van der Waals surface area contributed by atoms with Gasteiger partial charge in [0.15, 0.2) is 15.6 Å². The third-order valence-corrected chi connectivity index (χ3v) is 4.33. The summed E-state index contributed by atoms with van der Waals surface area (Å²) in [6.07, 6.45) is 1.11. The lowest BCUT2D eigenvalue weighted by atomic mass is 10.3. The minimum atomic E-state index is -3.38. The number of hydrogen-bond acceptors (Lipinski definition) is 4. The third-order valence-electron chi connectivity index (χ3n) is 1.95. The standard InChI is InChI=1S/C10H12BrClO4S/c1-15-5-6-16-10-8(17(2,13)14)4-3-7(11)9(10)12/h3-4H,5-6H2,1-2H3. The van der Waals surface area contributed by atoms with E-state index < -0.39 is 9.84 Å². The molecule has 0 fully saturated rings. The Morgan fingerprint density at radius 1 is 1.35 bits per heavy atom. The Morgan fingerprint density at radius 3 is 2.53 bits per heavy atom. The van der Waals surface area contributed by atoms with Crippen LogP contribution in [-0.2, 0) is 14.6 Å². The fourth-order valence-electron chi connectivity index (χ4n) is 1.17. The normalized spacial score (nSPS) is 11.5. The summed E-state index contributed by atoms with van der Waals surface area (Å²) < 4.78 is 33.9. The van der Waals surface area contributed by atoms with Gasteiger partial charge in [0.05, 0.1) is 11.6 Å². The first-order valence-corrected chi connectivity index (χ1v) is 7.74. The van der Waals surface area contributed by atoms with Gasteiger partial charge in [0.25, 0.3) is 0 Å². The van der Waals surface area contributed by atoms with Crippen LogP contribution >= 0.6 is 27.5 Å². The predicted octanol–water partition coefficient (Wildman–Crippen LogP) is 2.53. The molecule has 0 saturated heterocycles. The van der Waals surface area contributed by atoms with Crippen LogP contribution in [0.3, 0.4) is 0 Å². The Balaban J connectivity index is 3.18. The minimum absolute atomic E-state index is 0.0711. The number of halogens is 2. The smallest absolute Gasteiger partial charge is 0.179 e. The minimum Gasteiger partial charge on any atom is -0.488 e. The number of benzene rings is 1.